The fourth-order valence-electron chi connectivity index (χ4n) is 2.71. The molecule has 1 amide bonds. The summed E-state index contributed by atoms with van der Waals surface area (Å²) in [4.78, 5) is 36.2. The van der Waals surface area contributed by atoms with E-state index in [2.05, 4.69) is 5.32 Å². The highest BCUT2D eigenvalue weighted by molar-refractivity contribution is 5.99. The lowest BCUT2D eigenvalue weighted by atomic mass is 10.2. The Balaban J connectivity index is 1.57. The molecule has 0 bridgehead atoms. The third-order valence-electron chi connectivity index (χ3n) is 4.37. The van der Waals surface area contributed by atoms with Crippen molar-refractivity contribution in [2.75, 3.05) is 5.32 Å². The molecule has 7 heteroatoms. The van der Waals surface area contributed by atoms with Crippen LogP contribution in [0.5, 0.6) is 11.5 Å². The quantitative estimate of drug-likeness (QED) is 0.469. The van der Waals surface area contributed by atoms with E-state index in [1.165, 1.54) is 24.5 Å². The van der Waals surface area contributed by atoms with Gasteiger partial charge in [0, 0.05) is 24.5 Å². The van der Waals surface area contributed by atoms with Crippen LogP contribution in [0.15, 0.2) is 66.9 Å². The highest BCUT2D eigenvalue weighted by Crippen LogP contribution is 2.22. The average molecular weight is 406 g/mol. The van der Waals surface area contributed by atoms with Gasteiger partial charge in [-0.1, -0.05) is 18.2 Å². The smallest absolute Gasteiger partial charge is 0.355 e. The molecule has 3 rings (SSSR count). The second-order valence-corrected chi connectivity index (χ2v) is 6.76. The van der Waals surface area contributed by atoms with E-state index in [-0.39, 0.29) is 11.5 Å². The van der Waals surface area contributed by atoms with Crippen molar-refractivity contribution >= 4 is 23.3 Å². The fraction of sp³-hybridized carbons (Fsp3) is 0.174. The summed E-state index contributed by atoms with van der Waals surface area (Å²) in [6.07, 6.45) is 0.524. The van der Waals surface area contributed by atoms with Gasteiger partial charge in [0.1, 0.15) is 17.2 Å². The standard InChI is InChI=1S/C23H22N2O5/c1-15(26)17-13-21(25(3)14-17)23(28)29-16(2)22(27)24-18-9-11-20(12-10-18)30-19-7-5-4-6-8-19/h4-14,16H,1-3H3,(H,24,27)/t16-/m1/s1. The van der Waals surface area contributed by atoms with Crippen molar-refractivity contribution in [1.29, 1.82) is 0 Å². The summed E-state index contributed by atoms with van der Waals surface area (Å²) in [6.45, 7) is 2.89. The number of aryl methyl sites for hydroxylation is 1. The van der Waals surface area contributed by atoms with Gasteiger partial charge < -0.3 is 19.4 Å². The van der Waals surface area contributed by atoms with Crippen LogP contribution in [0.4, 0.5) is 5.69 Å². The van der Waals surface area contributed by atoms with Crippen LogP contribution in [0.25, 0.3) is 0 Å². The number of nitrogens with one attached hydrogen (secondary N) is 1. The number of nitrogens with zero attached hydrogens (tertiary/aromatic N) is 1. The lowest BCUT2D eigenvalue weighted by molar-refractivity contribution is -0.123. The van der Waals surface area contributed by atoms with Crippen molar-refractivity contribution in [3.05, 3.63) is 78.1 Å². The molecule has 7 nitrogen and oxygen atoms in total. The van der Waals surface area contributed by atoms with Crippen LogP contribution in [0, 0.1) is 0 Å². The number of hydrogen-bond donors (Lipinski definition) is 1. The summed E-state index contributed by atoms with van der Waals surface area (Å²) in [6, 6.07) is 17.6. The topological polar surface area (TPSA) is 86.6 Å². The minimum absolute atomic E-state index is 0.157. The molecular weight excluding hydrogens is 384 g/mol. The number of ether oxygens (including phenoxy) is 2. The Hall–Kier alpha value is -3.87. The molecule has 0 radical (unpaired) electrons. The van der Waals surface area contributed by atoms with Crippen LogP contribution in [0.3, 0.4) is 0 Å². The summed E-state index contributed by atoms with van der Waals surface area (Å²) in [7, 11) is 1.63. The van der Waals surface area contributed by atoms with Crippen molar-refractivity contribution in [3.63, 3.8) is 0 Å². The van der Waals surface area contributed by atoms with Gasteiger partial charge in [-0.3, -0.25) is 9.59 Å². The van der Waals surface area contributed by atoms with Crippen LogP contribution in [0.2, 0.25) is 0 Å². The molecule has 30 heavy (non-hydrogen) atoms. The molecule has 0 spiro atoms. The zero-order valence-corrected chi connectivity index (χ0v) is 16.9. The highest BCUT2D eigenvalue weighted by Gasteiger charge is 2.22. The number of esters is 1. The summed E-state index contributed by atoms with van der Waals surface area (Å²) in [5, 5.41) is 2.70. The molecule has 0 aliphatic rings. The van der Waals surface area contributed by atoms with Crippen molar-refractivity contribution in [2.45, 2.75) is 20.0 Å². The number of rotatable bonds is 7. The number of Topliss-reactive ketones (excluding diaryl/α,β-unsaturated/α-hetero) is 1. The first-order valence-corrected chi connectivity index (χ1v) is 9.35. The summed E-state index contributed by atoms with van der Waals surface area (Å²) >= 11 is 0. The van der Waals surface area contributed by atoms with Gasteiger partial charge in [-0.2, -0.15) is 0 Å². The SMILES string of the molecule is CC(=O)c1cc(C(=O)O[C@H](C)C(=O)Nc2ccc(Oc3ccccc3)cc2)n(C)c1. The zero-order chi connectivity index (χ0) is 21.7. The van der Waals surface area contributed by atoms with Gasteiger partial charge in [-0.15, -0.1) is 0 Å². The number of para-hydroxylation sites is 1. The average Bonchev–Trinajstić information content (AvgIpc) is 3.12. The van der Waals surface area contributed by atoms with Gasteiger partial charge in [-0.05, 0) is 56.3 Å². The van der Waals surface area contributed by atoms with Gasteiger partial charge >= 0.3 is 5.97 Å². The number of carbonyl (C=O) groups excluding carboxylic acids is 3. The summed E-state index contributed by atoms with van der Waals surface area (Å²) in [5.74, 6) is 0.0301. The van der Waals surface area contributed by atoms with Crippen LogP contribution < -0.4 is 10.1 Å². The Kier molecular flexibility index (Phi) is 6.32. The van der Waals surface area contributed by atoms with Gasteiger partial charge in [0.2, 0.25) is 0 Å². The van der Waals surface area contributed by atoms with E-state index < -0.39 is 18.0 Å². The summed E-state index contributed by atoms with van der Waals surface area (Å²) < 4.78 is 12.4. The van der Waals surface area contributed by atoms with Crippen molar-refractivity contribution < 1.29 is 23.9 Å². The molecule has 0 fully saturated rings. The van der Waals surface area contributed by atoms with E-state index in [9.17, 15) is 14.4 Å². The molecule has 0 aliphatic heterocycles. The van der Waals surface area contributed by atoms with Crippen LogP contribution >= 0.6 is 0 Å². The molecule has 1 atom stereocenters. The second kappa shape index (κ2) is 9.09. The fourth-order valence-corrected chi connectivity index (χ4v) is 2.71. The first kappa shape index (κ1) is 20.9. The Bertz CT molecular complexity index is 1050. The number of benzene rings is 2. The minimum Gasteiger partial charge on any atom is -0.457 e. The molecule has 154 valence electrons. The van der Waals surface area contributed by atoms with Crippen molar-refractivity contribution in [1.82, 2.24) is 4.57 Å². The van der Waals surface area contributed by atoms with Gasteiger partial charge in [0.05, 0.1) is 0 Å². The first-order chi connectivity index (χ1) is 14.3. The van der Waals surface area contributed by atoms with E-state index in [0.29, 0.717) is 22.7 Å². The summed E-state index contributed by atoms with van der Waals surface area (Å²) in [5.41, 5.74) is 1.14. The van der Waals surface area contributed by atoms with E-state index in [4.69, 9.17) is 9.47 Å². The molecular formula is C23H22N2O5. The number of amides is 1. The Morgan fingerprint density at radius 2 is 1.60 bits per heavy atom. The van der Waals surface area contributed by atoms with Crippen molar-refractivity contribution in [3.8, 4) is 11.5 Å². The number of anilines is 1. The molecule has 1 aromatic heterocycles. The predicted molar refractivity (Wildman–Crippen MR) is 112 cm³/mol. The third kappa shape index (κ3) is 5.14. The maximum atomic E-state index is 12.4. The van der Waals surface area contributed by atoms with E-state index in [0.717, 1.165) is 0 Å². The molecule has 0 saturated heterocycles. The van der Waals surface area contributed by atoms with Crippen LogP contribution in [-0.2, 0) is 16.6 Å². The lowest BCUT2D eigenvalue weighted by Gasteiger charge is -2.14. The molecule has 2 aromatic carbocycles. The molecule has 3 aromatic rings. The largest absolute Gasteiger partial charge is 0.457 e. The Morgan fingerprint density at radius 1 is 0.967 bits per heavy atom. The van der Waals surface area contributed by atoms with E-state index >= 15 is 0 Å². The zero-order valence-electron chi connectivity index (χ0n) is 16.9. The molecule has 1 N–H and O–H groups in total. The third-order valence-corrected chi connectivity index (χ3v) is 4.37. The Labute approximate surface area is 174 Å². The number of aromatic nitrogens is 1. The van der Waals surface area contributed by atoms with Crippen LogP contribution in [-0.4, -0.2) is 28.3 Å². The van der Waals surface area contributed by atoms with Crippen LogP contribution in [0.1, 0.15) is 34.7 Å². The Morgan fingerprint density at radius 3 is 2.20 bits per heavy atom. The van der Waals surface area contributed by atoms with Gasteiger partial charge in [-0.25, -0.2) is 4.79 Å². The monoisotopic (exact) mass is 406 g/mol. The van der Waals surface area contributed by atoms with Gasteiger partial charge in [0.25, 0.3) is 5.91 Å². The predicted octanol–water partition coefficient (Wildman–Crippen LogP) is 4.20. The highest BCUT2D eigenvalue weighted by atomic mass is 16.5. The minimum atomic E-state index is -1.02. The first-order valence-electron chi connectivity index (χ1n) is 9.35. The number of carbonyl (C=O) groups is 3. The molecule has 1 heterocycles. The lowest BCUT2D eigenvalue weighted by Crippen LogP contribution is -2.30. The molecule has 0 unspecified atom stereocenters. The number of ketones is 1. The maximum absolute atomic E-state index is 12.4. The van der Waals surface area contributed by atoms with Crippen molar-refractivity contribution in [2.24, 2.45) is 7.05 Å². The van der Waals surface area contributed by atoms with Gasteiger partial charge in [0.15, 0.2) is 11.9 Å². The normalized spacial score (nSPS) is 11.4. The second-order valence-electron chi connectivity index (χ2n) is 6.76. The van der Waals surface area contributed by atoms with E-state index in [1.54, 1.807) is 37.5 Å². The molecule has 0 aliphatic carbocycles. The number of hydrogen-bond acceptors (Lipinski definition) is 5. The van der Waals surface area contributed by atoms with E-state index in [1.807, 2.05) is 30.3 Å². The molecule has 0 saturated carbocycles. The maximum Gasteiger partial charge on any atom is 0.355 e.